The summed E-state index contributed by atoms with van der Waals surface area (Å²) in [6, 6.07) is 13.7. The second-order valence-corrected chi connectivity index (χ2v) is 10.2. The number of thioether (sulfide) groups is 1. The number of anilines is 2. The van der Waals surface area contributed by atoms with Gasteiger partial charge < -0.3 is 24.4 Å². The van der Waals surface area contributed by atoms with Crippen molar-refractivity contribution in [2.24, 2.45) is 0 Å². The summed E-state index contributed by atoms with van der Waals surface area (Å²) in [6.07, 6.45) is 2.81. The Morgan fingerprint density at radius 3 is 2.91 bits per heavy atom. The van der Waals surface area contributed by atoms with E-state index in [0.29, 0.717) is 24.1 Å². The summed E-state index contributed by atoms with van der Waals surface area (Å²) in [4.78, 5) is 15.1. The van der Waals surface area contributed by atoms with E-state index in [-0.39, 0.29) is 11.9 Å². The number of carbonyl (C=O) groups excluding carboxylic acids is 1. The molecule has 1 saturated heterocycles. The highest BCUT2D eigenvalue weighted by Crippen LogP contribution is 2.38. The molecule has 8 nitrogen and oxygen atoms in total. The number of hydrogen-bond acceptors (Lipinski definition) is 9. The van der Waals surface area contributed by atoms with Gasteiger partial charge in [-0.1, -0.05) is 41.3 Å². The average Bonchev–Trinajstić information content (AvgIpc) is 3.47. The van der Waals surface area contributed by atoms with E-state index in [4.69, 9.17) is 14.2 Å². The number of methoxy groups -OCH3 is 1. The molecular formula is C24H26N4O4S2. The fraction of sp³-hybridized carbons (Fsp3) is 0.375. The summed E-state index contributed by atoms with van der Waals surface area (Å²) in [6.45, 7) is 2.07. The zero-order valence-corrected chi connectivity index (χ0v) is 20.5. The van der Waals surface area contributed by atoms with Crippen LogP contribution in [0.5, 0.6) is 17.2 Å². The fourth-order valence-electron chi connectivity index (χ4n) is 4.19. The van der Waals surface area contributed by atoms with Crippen molar-refractivity contribution in [3.8, 4) is 17.2 Å². The lowest BCUT2D eigenvalue weighted by molar-refractivity contribution is -0.129. The number of benzene rings is 2. The number of aromatic nitrogens is 2. The zero-order chi connectivity index (χ0) is 23.3. The van der Waals surface area contributed by atoms with E-state index in [1.165, 1.54) is 23.1 Å². The molecule has 0 unspecified atom stereocenters. The van der Waals surface area contributed by atoms with E-state index in [9.17, 15) is 4.79 Å². The second-order valence-electron chi connectivity index (χ2n) is 7.99. The lowest BCUT2D eigenvalue weighted by Gasteiger charge is -2.25. The third-order valence-electron chi connectivity index (χ3n) is 5.80. The molecule has 0 saturated carbocycles. The van der Waals surface area contributed by atoms with Crippen LogP contribution in [0.1, 0.15) is 30.9 Å². The molecule has 0 radical (unpaired) electrons. The lowest BCUT2D eigenvalue weighted by Crippen LogP contribution is -2.32. The molecule has 1 amide bonds. The first-order valence-corrected chi connectivity index (χ1v) is 13.1. The summed E-state index contributed by atoms with van der Waals surface area (Å²) in [5.74, 6) is 2.71. The van der Waals surface area contributed by atoms with Gasteiger partial charge in [-0.2, -0.15) is 0 Å². The predicted octanol–water partition coefficient (Wildman–Crippen LogP) is 4.91. The highest BCUT2D eigenvalue weighted by atomic mass is 32.2. The maximum Gasteiger partial charge on any atom is 0.233 e. The van der Waals surface area contributed by atoms with E-state index >= 15 is 0 Å². The molecule has 2 aliphatic heterocycles. The fourth-order valence-corrected chi connectivity index (χ4v) is 5.84. The Balaban J connectivity index is 1.21. The predicted molar refractivity (Wildman–Crippen MR) is 133 cm³/mol. The maximum absolute atomic E-state index is 13.1. The quantitative estimate of drug-likeness (QED) is 0.460. The van der Waals surface area contributed by atoms with Gasteiger partial charge in [0.05, 0.1) is 37.8 Å². The van der Waals surface area contributed by atoms with Crippen molar-refractivity contribution in [3.05, 3.63) is 48.0 Å². The molecular weight excluding hydrogens is 472 g/mol. The van der Waals surface area contributed by atoms with Crippen LogP contribution >= 0.6 is 23.1 Å². The molecule has 1 aromatic heterocycles. The molecule has 3 aromatic rings. The topological polar surface area (TPSA) is 85.8 Å². The van der Waals surface area contributed by atoms with Crippen molar-refractivity contribution >= 4 is 39.8 Å². The van der Waals surface area contributed by atoms with E-state index in [1.54, 1.807) is 7.11 Å². The van der Waals surface area contributed by atoms with Gasteiger partial charge in [-0.05, 0) is 42.7 Å². The van der Waals surface area contributed by atoms with Crippen LogP contribution in [-0.2, 0) is 4.79 Å². The van der Waals surface area contributed by atoms with Gasteiger partial charge in [0.15, 0.2) is 15.8 Å². The van der Waals surface area contributed by atoms with Gasteiger partial charge in [-0.25, -0.2) is 0 Å². The molecule has 34 heavy (non-hydrogen) atoms. The molecule has 1 fully saturated rings. The van der Waals surface area contributed by atoms with E-state index in [1.807, 2.05) is 41.3 Å². The normalized spacial score (nSPS) is 17.3. The number of likely N-dealkylation sites (tertiary alicyclic amines) is 1. The summed E-state index contributed by atoms with van der Waals surface area (Å²) < 4.78 is 17.7. The SMILES string of the molecule is COc1ccccc1Nc1nnc(SCC(=O)N2CCC[C@H]2c2ccc3c(c2)OCCCO3)s1. The van der Waals surface area contributed by atoms with Crippen molar-refractivity contribution in [1.82, 2.24) is 15.1 Å². The van der Waals surface area contributed by atoms with Crippen LogP contribution in [0.3, 0.4) is 0 Å². The third-order valence-corrected chi connectivity index (χ3v) is 7.76. The van der Waals surface area contributed by atoms with Crippen molar-refractivity contribution in [2.75, 3.05) is 37.9 Å². The highest BCUT2D eigenvalue weighted by molar-refractivity contribution is 8.01. The van der Waals surface area contributed by atoms with E-state index in [0.717, 1.165) is 58.6 Å². The number of nitrogens with one attached hydrogen (secondary N) is 1. The van der Waals surface area contributed by atoms with Gasteiger partial charge in [0.25, 0.3) is 0 Å². The van der Waals surface area contributed by atoms with Gasteiger partial charge in [0.1, 0.15) is 5.75 Å². The number of rotatable bonds is 7. The van der Waals surface area contributed by atoms with Crippen LogP contribution in [0.4, 0.5) is 10.8 Å². The molecule has 5 rings (SSSR count). The molecule has 0 bridgehead atoms. The monoisotopic (exact) mass is 498 g/mol. The Hall–Kier alpha value is -2.98. The van der Waals surface area contributed by atoms with Gasteiger partial charge in [0.2, 0.25) is 11.0 Å². The smallest absolute Gasteiger partial charge is 0.233 e. The number of amides is 1. The highest BCUT2D eigenvalue weighted by Gasteiger charge is 2.31. The number of para-hydroxylation sites is 2. The van der Waals surface area contributed by atoms with E-state index < -0.39 is 0 Å². The summed E-state index contributed by atoms with van der Waals surface area (Å²) in [5, 5.41) is 12.3. The minimum Gasteiger partial charge on any atom is -0.495 e. The van der Waals surface area contributed by atoms with Crippen LogP contribution in [0, 0.1) is 0 Å². The van der Waals surface area contributed by atoms with Crippen LogP contribution in [0.25, 0.3) is 0 Å². The first-order chi connectivity index (χ1) is 16.7. The molecule has 2 aliphatic rings. The first-order valence-electron chi connectivity index (χ1n) is 11.3. The van der Waals surface area contributed by atoms with Crippen molar-refractivity contribution in [1.29, 1.82) is 0 Å². The van der Waals surface area contributed by atoms with Crippen LogP contribution < -0.4 is 19.5 Å². The molecule has 0 spiro atoms. The number of hydrogen-bond donors (Lipinski definition) is 1. The minimum atomic E-state index is 0.0578. The van der Waals surface area contributed by atoms with Gasteiger partial charge in [-0.15, -0.1) is 10.2 Å². The summed E-state index contributed by atoms with van der Waals surface area (Å²) >= 11 is 2.84. The Kier molecular flexibility index (Phi) is 7.05. The second kappa shape index (κ2) is 10.5. The lowest BCUT2D eigenvalue weighted by atomic mass is 10.0. The Labute approximate surface area is 206 Å². The van der Waals surface area contributed by atoms with Crippen LogP contribution in [0.2, 0.25) is 0 Å². The van der Waals surface area contributed by atoms with Crippen molar-refractivity contribution in [2.45, 2.75) is 29.6 Å². The van der Waals surface area contributed by atoms with Crippen molar-refractivity contribution < 1.29 is 19.0 Å². The van der Waals surface area contributed by atoms with E-state index in [2.05, 4.69) is 21.6 Å². The summed E-state index contributed by atoms with van der Waals surface area (Å²) in [5.41, 5.74) is 1.92. The zero-order valence-electron chi connectivity index (χ0n) is 18.9. The molecule has 10 heteroatoms. The molecule has 178 valence electrons. The first kappa shape index (κ1) is 22.8. The Morgan fingerprint density at radius 1 is 1.18 bits per heavy atom. The minimum absolute atomic E-state index is 0.0578. The molecule has 2 aromatic carbocycles. The standard InChI is InChI=1S/C24H26N4O4S2/c1-30-19-8-3-2-6-17(19)25-23-26-27-24(34-23)33-15-22(29)28-11-4-7-18(28)16-9-10-20-21(14-16)32-13-5-12-31-20/h2-3,6,8-10,14,18H,4-5,7,11-13,15H2,1H3,(H,25,26)/t18-/m0/s1. The summed E-state index contributed by atoms with van der Waals surface area (Å²) in [7, 11) is 1.63. The Bertz CT molecular complexity index is 1160. The van der Waals surface area contributed by atoms with Crippen LogP contribution in [-0.4, -0.2) is 53.6 Å². The number of fused-ring (bicyclic) bond motifs is 1. The molecule has 3 heterocycles. The van der Waals surface area contributed by atoms with Gasteiger partial charge >= 0.3 is 0 Å². The molecule has 1 atom stereocenters. The van der Waals surface area contributed by atoms with Crippen LogP contribution in [0.15, 0.2) is 46.8 Å². The maximum atomic E-state index is 13.1. The number of carbonyl (C=O) groups is 1. The largest absolute Gasteiger partial charge is 0.495 e. The molecule has 1 N–H and O–H groups in total. The number of nitrogens with zero attached hydrogens (tertiary/aromatic N) is 3. The Morgan fingerprint density at radius 2 is 2.03 bits per heavy atom. The average molecular weight is 499 g/mol. The molecule has 0 aliphatic carbocycles. The van der Waals surface area contributed by atoms with Gasteiger partial charge in [0, 0.05) is 13.0 Å². The van der Waals surface area contributed by atoms with Gasteiger partial charge in [-0.3, -0.25) is 4.79 Å². The van der Waals surface area contributed by atoms with Crippen molar-refractivity contribution in [3.63, 3.8) is 0 Å². The number of ether oxygens (including phenoxy) is 3. The third kappa shape index (κ3) is 5.07.